The number of aryl methyl sites for hydroxylation is 1. The fraction of sp³-hybridized carbons (Fsp3) is 0.650. The summed E-state index contributed by atoms with van der Waals surface area (Å²) < 4.78 is 27.8. The van der Waals surface area contributed by atoms with Crippen LogP contribution in [0.5, 0.6) is 0 Å². The maximum absolute atomic E-state index is 13.1. The molecule has 0 spiro atoms. The van der Waals surface area contributed by atoms with Gasteiger partial charge < -0.3 is 10.6 Å². The minimum atomic E-state index is -3.59. The van der Waals surface area contributed by atoms with Gasteiger partial charge in [-0.2, -0.15) is 4.31 Å². The van der Waals surface area contributed by atoms with E-state index in [4.69, 9.17) is 0 Å². The fourth-order valence-corrected chi connectivity index (χ4v) is 5.73. The van der Waals surface area contributed by atoms with E-state index in [1.54, 1.807) is 22.5 Å². The Morgan fingerprint density at radius 1 is 1.22 bits per heavy atom. The van der Waals surface area contributed by atoms with Crippen LogP contribution in [0.25, 0.3) is 0 Å². The molecule has 27 heavy (non-hydrogen) atoms. The Morgan fingerprint density at radius 2 is 2.00 bits per heavy atom. The fourth-order valence-electron chi connectivity index (χ4n) is 4.00. The molecule has 2 heterocycles. The van der Waals surface area contributed by atoms with Gasteiger partial charge in [-0.15, -0.1) is 0 Å². The van der Waals surface area contributed by atoms with Gasteiger partial charge in [0.15, 0.2) is 0 Å². The van der Waals surface area contributed by atoms with Crippen LogP contribution in [-0.4, -0.2) is 50.3 Å². The number of hydrogen-bond acceptors (Lipinski definition) is 4. The van der Waals surface area contributed by atoms with E-state index in [9.17, 15) is 13.2 Å². The van der Waals surface area contributed by atoms with E-state index in [1.165, 1.54) is 0 Å². The molecule has 3 unspecified atom stereocenters. The molecule has 0 aliphatic carbocycles. The van der Waals surface area contributed by atoms with Crippen molar-refractivity contribution in [2.45, 2.75) is 63.4 Å². The Labute approximate surface area is 162 Å². The van der Waals surface area contributed by atoms with Gasteiger partial charge in [-0.3, -0.25) is 4.79 Å². The van der Waals surface area contributed by atoms with E-state index in [1.807, 2.05) is 13.8 Å². The van der Waals surface area contributed by atoms with E-state index in [-0.39, 0.29) is 22.9 Å². The van der Waals surface area contributed by atoms with Crippen LogP contribution in [0.1, 0.15) is 55.5 Å². The van der Waals surface area contributed by atoms with Crippen LogP contribution in [0.2, 0.25) is 0 Å². The lowest BCUT2D eigenvalue weighted by Crippen LogP contribution is -2.50. The SMILES string of the molecule is Cc1ccc(S(=O)(=O)N2CCCCC2C)cc1C(=O)NC1CNCCC1C. The molecule has 0 saturated carbocycles. The van der Waals surface area contributed by atoms with Crippen LogP contribution in [0.15, 0.2) is 23.1 Å². The van der Waals surface area contributed by atoms with Crippen LogP contribution in [0.3, 0.4) is 0 Å². The molecule has 3 rings (SSSR count). The molecule has 150 valence electrons. The van der Waals surface area contributed by atoms with Crippen molar-refractivity contribution < 1.29 is 13.2 Å². The van der Waals surface area contributed by atoms with Gasteiger partial charge >= 0.3 is 0 Å². The number of hydrogen-bond donors (Lipinski definition) is 2. The molecule has 0 bridgehead atoms. The molecule has 2 N–H and O–H groups in total. The third kappa shape index (κ3) is 4.36. The summed E-state index contributed by atoms with van der Waals surface area (Å²) in [4.78, 5) is 13.1. The average Bonchev–Trinajstić information content (AvgIpc) is 2.64. The monoisotopic (exact) mass is 393 g/mol. The Bertz CT molecular complexity index is 794. The largest absolute Gasteiger partial charge is 0.348 e. The van der Waals surface area contributed by atoms with Crippen molar-refractivity contribution in [3.63, 3.8) is 0 Å². The van der Waals surface area contributed by atoms with Crippen LogP contribution >= 0.6 is 0 Å². The highest BCUT2D eigenvalue weighted by molar-refractivity contribution is 7.89. The minimum absolute atomic E-state index is 0.00325. The van der Waals surface area contributed by atoms with Crippen molar-refractivity contribution in [1.29, 1.82) is 0 Å². The molecule has 6 nitrogen and oxygen atoms in total. The minimum Gasteiger partial charge on any atom is -0.348 e. The molecule has 3 atom stereocenters. The smallest absolute Gasteiger partial charge is 0.251 e. The summed E-state index contributed by atoms with van der Waals surface area (Å²) in [5, 5.41) is 6.39. The van der Waals surface area contributed by atoms with Crippen molar-refractivity contribution in [1.82, 2.24) is 14.9 Å². The summed E-state index contributed by atoms with van der Waals surface area (Å²) in [5.74, 6) is 0.202. The normalized spacial score (nSPS) is 27.3. The molecule has 2 fully saturated rings. The number of benzene rings is 1. The van der Waals surface area contributed by atoms with Crippen molar-refractivity contribution in [3.05, 3.63) is 29.3 Å². The number of sulfonamides is 1. The molecular weight excluding hydrogens is 362 g/mol. The quantitative estimate of drug-likeness (QED) is 0.823. The highest BCUT2D eigenvalue weighted by Crippen LogP contribution is 2.26. The van der Waals surface area contributed by atoms with Crippen LogP contribution in [0, 0.1) is 12.8 Å². The van der Waals surface area contributed by atoms with Crippen molar-refractivity contribution in [2.75, 3.05) is 19.6 Å². The van der Waals surface area contributed by atoms with Gasteiger partial charge in [0.2, 0.25) is 10.0 Å². The summed E-state index contributed by atoms with van der Waals surface area (Å²) in [7, 11) is -3.59. The number of rotatable bonds is 4. The number of nitrogens with zero attached hydrogens (tertiary/aromatic N) is 1. The molecule has 1 aromatic carbocycles. The predicted molar refractivity (Wildman–Crippen MR) is 106 cm³/mol. The first-order chi connectivity index (χ1) is 12.8. The van der Waals surface area contributed by atoms with E-state index >= 15 is 0 Å². The first-order valence-electron chi connectivity index (χ1n) is 9.95. The van der Waals surface area contributed by atoms with E-state index in [0.29, 0.717) is 18.0 Å². The Balaban J connectivity index is 1.84. The summed E-state index contributed by atoms with van der Waals surface area (Å²) in [5.41, 5.74) is 1.23. The second-order valence-corrected chi connectivity index (χ2v) is 9.88. The number of nitrogens with one attached hydrogen (secondary N) is 2. The number of amides is 1. The third-order valence-electron chi connectivity index (χ3n) is 5.95. The zero-order valence-corrected chi connectivity index (χ0v) is 17.3. The van der Waals surface area contributed by atoms with E-state index in [0.717, 1.165) is 44.3 Å². The summed E-state index contributed by atoms with van der Waals surface area (Å²) >= 11 is 0. The lowest BCUT2D eigenvalue weighted by Gasteiger charge is -2.32. The molecule has 7 heteroatoms. The number of carbonyl (C=O) groups excluding carboxylic acids is 1. The lowest BCUT2D eigenvalue weighted by atomic mass is 9.94. The summed E-state index contributed by atoms with van der Waals surface area (Å²) in [6.45, 7) is 8.19. The second kappa shape index (κ2) is 8.29. The van der Waals surface area contributed by atoms with E-state index < -0.39 is 10.0 Å². The number of carbonyl (C=O) groups is 1. The molecule has 2 saturated heterocycles. The van der Waals surface area contributed by atoms with Gasteiger partial charge in [-0.25, -0.2) is 8.42 Å². The van der Waals surface area contributed by atoms with Crippen LogP contribution in [-0.2, 0) is 10.0 Å². The summed E-state index contributed by atoms with van der Waals surface area (Å²) in [6.07, 6.45) is 3.84. The zero-order valence-electron chi connectivity index (χ0n) is 16.5. The topological polar surface area (TPSA) is 78.5 Å². The maximum Gasteiger partial charge on any atom is 0.251 e. The molecule has 2 aliphatic heterocycles. The highest BCUT2D eigenvalue weighted by Gasteiger charge is 2.32. The maximum atomic E-state index is 13.1. The molecule has 1 aromatic rings. The molecular formula is C20H31N3O3S. The number of piperidine rings is 2. The Morgan fingerprint density at radius 3 is 2.70 bits per heavy atom. The average molecular weight is 394 g/mol. The summed E-state index contributed by atoms with van der Waals surface area (Å²) in [6, 6.07) is 4.96. The zero-order chi connectivity index (χ0) is 19.6. The van der Waals surface area contributed by atoms with Crippen LogP contribution in [0.4, 0.5) is 0 Å². The van der Waals surface area contributed by atoms with Crippen molar-refractivity contribution in [3.8, 4) is 0 Å². The first-order valence-corrected chi connectivity index (χ1v) is 11.4. The van der Waals surface area contributed by atoms with Gasteiger partial charge in [0.25, 0.3) is 5.91 Å². The van der Waals surface area contributed by atoms with Gasteiger partial charge in [0.1, 0.15) is 0 Å². The predicted octanol–water partition coefficient (Wildman–Crippen LogP) is 2.29. The first kappa shape index (κ1) is 20.3. The van der Waals surface area contributed by atoms with Crippen LogP contribution < -0.4 is 10.6 Å². The standard InChI is InChI=1S/C20H31N3O3S/c1-14-7-8-17(27(25,26)23-11-5-4-6-16(23)3)12-18(14)20(24)22-19-13-21-10-9-15(19)2/h7-8,12,15-16,19,21H,4-6,9-11,13H2,1-3H3,(H,22,24). The highest BCUT2D eigenvalue weighted by atomic mass is 32.2. The van der Waals surface area contributed by atoms with Gasteiger partial charge in [0.05, 0.1) is 4.90 Å². The third-order valence-corrected chi connectivity index (χ3v) is 7.96. The van der Waals surface area contributed by atoms with Crippen molar-refractivity contribution in [2.24, 2.45) is 5.92 Å². The van der Waals surface area contributed by atoms with Gasteiger partial charge in [-0.1, -0.05) is 19.4 Å². The van der Waals surface area contributed by atoms with Gasteiger partial charge in [-0.05, 0) is 63.3 Å². The molecule has 0 radical (unpaired) electrons. The Hall–Kier alpha value is -1.44. The van der Waals surface area contributed by atoms with Gasteiger partial charge in [0, 0.05) is 30.7 Å². The second-order valence-electron chi connectivity index (χ2n) is 7.99. The molecule has 1 amide bonds. The molecule has 2 aliphatic rings. The molecule has 0 aromatic heterocycles. The lowest BCUT2D eigenvalue weighted by molar-refractivity contribution is 0.0914. The van der Waals surface area contributed by atoms with Crippen molar-refractivity contribution >= 4 is 15.9 Å². The Kier molecular flexibility index (Phi) is 6.23. The van der Waals surface area contributed by atoms with E-state index in [2.05, 4.69) is 17.6 Å².